The van der Waals surface area contributed by atoms with Crippen molar-refractivity contribution in [2.45, 2.75) is 25.6 Å². The number of aromatic nitrogens is 1. The Kier molecular flexibility index (Phi) is 5.80. The van der Waals surface area contributed by atoms with E-state index in [0.29, 0.717) is 30.2 Å². The lowest BCUT2D eigenvalue weighted by atomic mass is 10.1. The molecule has 5 nitrogen and oxygen atoms in total. The van der Waals surface area contributed by atoms with Crippen LogP contribution in [0.4, 0.5) is 0 Å². The van der Waals surface area contributed by atoms with E-state index >= 15 is 0 Å². The number of likely N-dealkylation sites (N-methyl/N-ethyl adjacent to an activating group) is 1. The van der Waals surface area contributed by atoms with Crippen molar-refractivity contribution in [3.63, 3.8) is 0 Å². The molecule has 1 amide bonds. The first-order chi connectivity index (χ1) is 11.0. The van der Waals surface area contributed by atoms with E-state index in [1.165, 1.54) is 0 Å². The zero-order chi connectivity index (χ0) is 16.8. The zero-order valence-corrected chi connectivity index (χ0v) is 13.7. The number of carbonyl (C=O) groups is 1. The Bertz CT molecular complexity index is 702. The molecule has 2 rings (SSSR count). The van der Waals surface area contributed by atoms with Gasteiger partial charge in [-0.3, -0.25) is 4.79 Å². The first-order valence-corrected chi connectivity index (χ1v) is 7.69. The predicted octanol–water partition coefficient (Wildman–Crippen LogP) is 2.39. The summed E-state index contributed by atoms with van der Waals surface area (Å²) in [6.45, 7) is 1.02. The molecule has 2 aromatic rings. The van der Waals surface area contributed by atoms with Gasteiger partial charge in [-0.05, 0) is 36.2 Å². The van der Waals surface area contributed by atoms with Gasteiger partial charge in [-0.15, -0.1) is 0 Å². The largest absolute Gasteiger partial charge is 0.340 e. The van der Waals surface area contributed by atoms with Gasteiger partial charge in [0.25, 0.3) is 0 Å². The molecule has 120 valence electrons. The predicted molar refractivity (Wildman–Crippen MR) is 89.7 cm³/mol. The Morgan fingerprint density at radius 1 is 1.39 bits per heavy atom. The van der Waals surface area contributed by atoms with Crippen LogP contribution in [0.25, 0.3) is 0 Å². The van der Waals surface area contributed by atoms with Crippen molar-refractivity contribution >= 4 is 17.5 Å². The van der Waals surface area contributed by atoms with Gasteiger partial charge in [0.15, 0.2) is 0 Å². The molecule has 0 aliphatic heterocycles. The lowest BCUT2D eigenvalue weighted by molar-refractivity contribution is -0.132. The summed E-state index contributed by atoms with van der Waals surface area (Å²) in [4.78, 5) is 13.9. The topological polar surface area (TPSA) is 75.0 Å². The molecule has 1 aromatic heterocycles. The second-order valence-corrected chi connectivity index (χ2v) is 5.85. The van der Waals surface area contributed by atoms with E-state index in [4.69, 9.17) is 22.6 Å². The van der Waals surface area contributed by atoms with Gasteiger partial charge in [-0.2, -0.15) is 5.26 Å². The zero-order valence-electron chi connectivity index (χ0n) is 12.9. The van der Waals surface area contributed by atoms with Crippen molar-refractivity contribution in [3.05, 3.63) is 58.9 Å². The van der Waals surface area contributed by atoms with Gasteiger partial charge in [0.05, 0.1) is 6.04 Å². The van der Waals surface area contributed by atoms with Crippen LogP contribution in [0.15, 0.2) is 42.6 Å². The summed E-state index contributed by atoms with van der Waals surface area (Å²) in [5.74, 6) is -0.120. The summed E-state index contributed by atoms with van der Waals surface area (Å²) in [5.41, 5.74) is 7.56. The van der Waals surface area contributed by atoms with E-state index in [9.17, 15) is 4.79 Å². The van der Waals surface area contributed by atoms with Crippen LogP contribution in [0.2, 0.25) is 5.02 Å². The summed E-state index contributed by atoms with van der Waals surface area (Å²) in [6, 6.07) is 12.4. The molecule has 6 heteroatoms. The average molecular weight is 331 g/mol. The number of carbonyl (C=O) groups excluding carboxylic acids is 1. The molecule has 0 saturated heterocycles. The normalized spacial score (nSPS) is 11.7. The summed E-state index contributed by atoms with van der Waals surface area (Å²) in [6.07, 6.45) is 2.29. The Labute approximate surface area is 140 Å². The smallest absolute Gasteiger partial charge is 0.239 e. The second kappa shape index (κ2) is 7.82. The van der Waals surface area contributed by atoms with Crippen molar-refractivity contribution in [3.8, 4) is 6.07 Å². The molecule has 1 unspecified atom stereocenters. The fraction of sp³-hybridized carbons (Fsp3) is 0.294. The van der Waals surface area contributed by atoms with Crippen LogP contribution in [0.1, 0.15) is 17.7 Å². The second-order valence-electron chi connectivity index (χ2n) is 5.41. The highest BCUT2D eigenvalue weighted by Crippen LogP contribution is 2.12. The molecule has 0 aliphatic rings. The third-order valence-electron chi connectivity index (χ3n) is 3.65. The standard InChI is InChI=1S/C17H19ClN4O/c1-21(12-13-4-6-14(18)7-5-13)17(23)16(20)8-10-22-9-2-3-15(22)11-19/h2-7,9,16H,8,10,12,20H2,1H3. The Hall–Kier alpha value is -2.29. The van der Waals surface area contributed by atoms with Crippen LogP contribution in [0.5, 0.6) is 0 Å². The van der Waals surface area contributed by atoms with Gasteiger partial charge in [-0.25, -0.2) is 0 Å². The molecular formula is C17H19ClN4O. The van der Waals surface area contributed by atoms with E-state index in [1.54, 1.807) is 40.8 Å². The number of benzene rings is 1. The number of aryl methyl sites for hydroxylation is 1. The average Bonchev–Trinajstić information content (AvgIpc) is 3.01. The van der Waals surface area contributed by atoms with Crippen LogP contribution in [0.3, 0.4) is 0 Å². The van der Waals surface area contributed by atoms with Crippen molar-refractivity contribution < 1.29 is 4.79 Å². The molecule has 0 radical (unpaired) electrons. The molecule has 0 bridgehead atoms. The third-order valence-corrected chi connectivity index (χ3v) is 3.90. The monoisotopic (exact) mass is 330 g/mol. The first-order valence-electron chi connectivity index (χ1n) is 7.31. The van der Waals surface area contributed by atoms with Crippen LogP contribution in [-0.2, 0) is 17.9 Å². The fourth-order valence-electron chi connectivity index (χ4n) is 2.34. The minimum Gasteiger partial charge on any atom is -0.340 e. The summed E-state index contributed by atoms with van der Waals surface area (Å²) in [7, 11) is 1.73. The number of hydrogen-bond donors (Lipinski definition) is 1. The summed E-state index contributed by atoms with van der Waals surface area (Å²) < 4.78 is 1.80. The van der Waals surface area contributed by atoms with E-state index in [1.807, 2.05) is 18.3 Å². The molecule has 1 atom stereocenters. The van der Waals surface area contributed by atoms with E-state index in [-0.39, 0.29) is 5.91 Å². The SMILES string of the molecule is CN(Cc1ccc(Cl)cc1)C(=O)C(N)CCn1cccc1C#N. The van der Waals surface area contributed by atoms with Gasteiger partial charge in [0, 0.05) is 31.4 Å². The molecular weight excluding hydrogens is 312 g/mol. The maximum atomic E-state index is 12.3. The van der Waals surface area contributed by atoms with E-state index < -0.39 is 6.04 Å². The number of halogens is 1. The Balaban J connectivity index is 1.88. The minimum absolute atomic E-state index is 0.120. The van der Waals surface area contributed by atoms with Gasteiger partial charge in [0.1, 0.15) is 11.8 Å². The van der Waals surface area contributed by atoms with Gasteiger partial charge < -0.3 is 15.2 Å². The third kappa shape index (κ3) is 4.59. The van der Waals surface area contributed by atoms with E-state index in [0.717, 1.165) is 5.56 Å². The lowest BCUT2D eigenvalue weighted by Gasteiger charge is -2.21. The Morgan fingerprint density at radius 2 is 2.09 bits per heavy atom. The van der Waals surface area contributed by atoms with Crippen molar-refractivity contribution in [2.24, 2.45) is 5.73 Å². The molecule has 2 N–H and O–H groups in total. The highest BCUT2D eigenvalue weighted by Gasteiger charge is 2.18. The maximum absolute atomic E-state index is 12.3. The minimum atomic E-state index is -0.596. The van der Waals surface area contributed by atoms with Crippen LogP contribution in [-0.4, -0.2) is 28.5 Å². The summed E-state index contributed by atoms with van der Waals surface area (Å²) >= 11 is 5.85. The quantitative estimate of drug-likeness (QED) is 0.883. The Morgan fingerprint density at radius 3 is 2.74 bits per heavy atom. The van der Waals surface area contributed by atoms with Crippen molar-refractivity contribution in [1.29, 1.82) is 5.26 Å². The van der Waals surface area contributed by atoms with Crippen LogP contribution >= 0.6 is 11.6 Å². The van der Waals surface area contributed by atoms with Gasteiger partial charge in [0.2, 0.25) is 5.91 Å². The molecule has 0 spiro atoms. The molecule has 23 heavy (non-hydrogen) atoms. The van der Waals surface area contributed by atoms with Crippen LogP contribution in [0, 0.1) is 11.3 Å². The summed E-state index contributed by atoms with van der Waals surface area (Å²) in [5, 5.41) is 9.63. The number of hydrogen-bond acceptors (Lipinski definition) is 3. The number of rotatable bonds is 6. The first kappa shape index (κ1) is 17.1. The molecule has 1 aromatic carbocycles. The van der Waals surface area contributed by atoms with Crippen molar-refractivity contribution in [2.75, 3.05) is 7.05 Å². The number of amides is 1. The number of nitriles is 1. The van der Waals surface area contributed by atoms with Crippen molar-refractivity contribution in [1.82, 2.24) is 9.47 Å². The fourth-order valence-corrected chi connectivity index (χ4v) is 2.46. The number of nitrogens with zero attached hydrogens (tertiary/aromatic N) is 3. The molecule has 0 aliphatic carbocycles. The highest BCUT2D eigenvalue weighted by atomic mass is 35.5. The van der Waals surface area contributed by atoms with Crippen LogP contribution < -0.4 is 5.73 Å². The number of nitrogens with two attached hydrogens (primary N) is 1. The molecule has 0 saturated carbocycles. The van der Waals surface area contributed by atoms with Gasteiger partial charge in [-0.1, -0.05) is 23.7 Å². The van der Waals surface area contributed by atoms with E-state index in [2.05, 4.69) is 6.07 Å². The molecule has 0 fully saturated rings. The lowest BCUT2D eigenvalue weighted by Crippen LogP contribution is -2.42. The van der Waals surface area contributed by atoms with Gasteiger partial charge >= 0.3 is 0 Å². The highest BCUT2D eigenvalue weighted by molar-refractivity contribution is 6.30. The maximum Gasteiger partial charge on any atom is 0.239 e. The molecule has 1 heterocycles.